The first kappa shape index (κ1) is 11.5. The minimum absolute atomic E-state index is 0.0881. The molecule has 5 nitrogen and oxygen atoms in total. The third kappa shape index (κ3) is 3.23. The number of carbonyl (C=O) groups is 1. The molecule has 15 heavy (non-hydrogen) atoms. The van der Waals surface area contributed by atoms with Crippen molar-refractivity contribution in [3.05, 3.63) is 29.8 Å². The number of carboxylic acid groups (broad SMARTS) is 1. The largest absolute Gasteiger partial charge is 0.491 e. The average molecular weight is 211 g/mol. The lowest BCUT2D eigenvalue weighted by Gasteiger charge is -2.09. The highest BCUT2D eigenvalue weighted by Crippen LogP contribution is 2.17. The fraction of sp³-hybridized carbons (Fsp3) is 0.300. The van der Waals surface area contributed by atoms with Gasteiger partial charge in [0.25, 0.3) is 0 Å². The molecule has 4 N–H and O–H groups in total. The van der Waals surface area contributed by atoms with Crippen LogP contribution in [0.5, 0.6) is 5.75 Å². The molecule has 1 aromatic carbocycles. The van der Waals surface area contributed by atoms with Crippen LogP contribution in [-0.4, -0.2) is 29.4 Å². The summed E-state index contributed by atoms with van der Waals surface area (Å²) in [6, 6.07) is 5.44. The minimum atomic E-state index is -1.09. The Morgan fingerprint density at radius 3 is 2.87 bits per heavy atom. The summed E-state index contributed by atoms with van der Waals surface area (Å²) < 4.78 is 5.13. The SMILES string of the molecule is NC(C(=O)O)c1cccc(OCCO)c1. The fourth-order valence-electron chi connectivity index (χ4n) is 1.10. The molecule has 0 aliphatic carbocycles. The van der Waals surface area contributed by atoms with Gasteiger partial charge in [0.2, 0.25) is 0 Å². The van der Waals surface area contributed by atoms with Crippen molar-refractivity contribution in [3.63, 3.8) is 0 Å². The van der Waals surface area contributed by atoms with Crippen LogP contribution < -0.4 is 10.5 Å². The van der Waals surface area contributed by atoms with Gasteiger partial charge >= 0.3 is 5.97 Å². The van der Waals surface area contributed by atoms with Crippen LogP contribution in [0.15, 0.2) is 24.3 Å². The highest BCUT2D eigenvalue weighted by atomic mass is 16.5. The lowest BCUT2D eigenvalue weighted by atomic mass is 10.1. The van der Waals surface area contributed by atoms with Crippen molar-refractivity contribution in [1.29, 1.82) is 0 Å². The highest BCUT2D eigenvalue weighted by molar-refractivity contribution is 5.75. The Morgan fingerprint density at radius 1 is 1.53 bits per heavy atom. The first-order chi connectivity index (χ1) is 7.15. The first-order valence-electron chi connectivity index (χ1n) is 4.47. The van der Waals surface area contributed by atoms with Crippen molar-refractivity contribution >= 4 is 5.97 Å². The summed E-state index contributed by atoms with van der Waals surface area (Å²) in [6.07, 6.45) is 0. The zero-order valence-electron chi connectivity index (χ0n) is 8.09. The van der Waals surface area contributed by atoms with Gasteiger partial charge in [-0.25, -0.2) is 0 Å². The second-order valence-electron chi connectivity index (χ2n) is 2.96. The molecule has 0 bridgehead atoms. The number of hydrogen-bond donors (Lipinski definition) is 3. The molecule has 5 heteroatoms. The van der Waals surface area contributed by atoms with Crippen LogP contribution >= 0.6 is 0 Å². The number of carboxylic acids is 1. The maximum absolute atomic E-state index is 10.6. The van der Waals surface area contributed by atoms with Gasteiger partial charge in [0, 0.05) is 0 Å². The molecule has 1 rings (SSSR count). The summed E-state index contributed by atoms with van der Waals surface area (Å²) >= 11 is 0. The van der Waals surface area contributed by atoms with Crippen LogP contribution in [0.25, 0.3) is 0 Å². The van der Waals surface area contributed by atoms with Crippen LogP contribution in [-0.2, 0) is 4.79 Å². The molecule has 0 aliphatic heterocycles. The molecule has 0 amide bonds. The molecule has 0 saturated heterocycles. The standard InChI is InChI=1S/C10H13NO4/c11-9(10(13)14)7-2-1-3-8(6-7)15-5-4-12/h1-3,6,9,12H,4-5,11H2,(H,13,14). The third-order valence-corrected chi connectivity index (χ3v) is 1.84. The zero-order chi connectivity index (χ0) is 11.3. The first-order valence-corrected chi connectivity index (χ1v) is 4.47. The Kier molecular flexibility index (Phi) is 4.08. The molecule has 1 aromatic rings. The van der Waals surface area contributed by atoms with E-state index in [0.717, 1.165) is 0 Å². The summed E-state index contributed by atoms with van der Waals surface area (Å²) in [5.74, 6) is -0.590. The van der Waals surface area contributed by atoms with Gasteiger partial charge in [0.05, 0.1) is 6.61 Å². The van der Waals surface area contributed by atoms with Crippen molar-refractivity contribution in [2.45, 2.75) is 6.04 Å². The molecule has 0 fully saturated rings. The van der Waals surface area contributed by atoms with E-state index in [1.807, 2.05) is 0 Å². The molecule has 0 aromatic heterocycles. The average Bonchev–Trinajstić information content (AvgIpc) is 2.25. The molecule has 0 spiro atoms. The minimum Gasteiger partial charge on any atom is -0.491 e. The Hall–Kier alpha value is -1.59. The Morgan fingerprint density at radius 2 is 2.27 bits per heavy atom. The molecule has 0 saturated carbocycles. The van der Waals surface area contributed by atoms with Gasteiger partial charge in [-0.3, -0.25) is 4.79 Å². The number of nitrogens with two attached hydrogens (primary N) is 1. The molecule has 1 atom stereocenters. The maximum atomic E-state index is 10.6. The molecule has 0 heterocycles. The summed E-state index contributed by atoms with van der Waals surface area (Å²) in [7, 11) is 0. The second kappa shape index (κ2) is 5.33. The number of ether oxygens (including phenoxy) is 1. The third-order valence-electron chi connectivity index (χ3n) is 1.84. The van der Waals surface area contributed by atoms with E-state index in [1.165, 1.54) is 0 Å². The normalized spacial score (nSPS) is 12.1. The van der Waals surface area contributed by atoms with E-state index in [4.69, 9.17) is 20.7 Å². The Labute approximate surface area is 87.1 Å². The Balaban J connectivity index is 2.77. The van der Waals surface area contributed by atoms with E-state index in [0.29, 0.717) is 11.3 Å². The molecular weight excluding hydrogens is 198 g/mol. The lowest BCUT2D eigenvalue weighted by molar-refractivity contribution is -0.138. The van der Waals surface area contributed by atoms with E-state index in [1.54, 1.807) is 24.3 Å². The van der Waals surface area contributed by atoms with Crippen LogP contribution in [0.3, 0.4) is 0 Å². The molecule has 1 unspecified atom stereocenters. The zero-order valence-corrected chi connectivity index (χ0v) is 8.09. The van der Waals surface area contributed by atoms with E-state index in [9.17, 15) is 4.79 Å². The van der Waals surface area contributed by atoms with Gasteiger partial charge in [-0.2, -0.15) is 0 Å². The summed E-state index contributed by atoms with van der Waals surface area (Å²) in [5.41, 5.74) is 5.90. The number of benzene rings is 1. The molecule has 82 valence electrons. The van der Waals surface area contributed by atoms with Gasteiger partial charge in [-0.05, 0) is 17.7 Å². The van der Waals surface area contributed by atoms with Gasteiger partial charge in [-0.15, -0.1) is 0 Å². The van der Waals surface area contributed by atoms with Gasteiger partial charge < -0.3 is 20.7 Å². The lowest BCUT2D eigenvalue weighted by Crippen LogP contribution is -2.20. The number of aliphatic hydroxyl groups excluding tert-OH is 1. The fourth-order valence-corrected chi connectivity index (χ4v) is 1.10. The van der Waals surface area contributed by atoms with Crippen LogP contribution in [0.4, 0.5) is 0 Å². The van der Waals surface area contributed by atoms with Gasteiger partial charge in [0.15, 0.2) is 0 Å². The smallest absolute Gasteiger partial charge is 0.325 e. The number of rotatable bonds is 5. The van der Waals surface area contributed by atoms with Crippen molar-refractivity contribution in [3.8, 4) is 5.75 Å². The maximum Gasteiger partial charge on any atom is 0.325 e. The number of aliphatic hydroxyl groups is 1. The second-order valence-corrected chi connectivity index (χ2v) is 2.96. The van der Waals surface area contributed by atoms with Gasteiger partial charge in [0.1, 0.15) is 18.4 Å². The van der Waals surface area contributed by atoms with E-state index < -0.39 is 12.0 Å². The quantitative estimate of drug-likeness (QED) is 0.644. The molecule has 0 aliphatic rings. The monoisotopic (exact) mass is 211 g/mol. The summed E-state index contributed by atoms with van der Waals surface area (Å²) in [4.78, 5) is 10.6. The van der Waals surface area contributed by atoms with E-state index in [2.05, 4.69) is 0 Å². The van der Waals surface area contributed by atoms with Crippen molar-refractivity contribution in [2.24, 2.45) is 5.73 Å². The predicted octanol–water partition coefficient (Wildman–Crippen LogP) is 0.142. The Bertz CT molecular complexity index is 340. The van der Waals surface area contributed by atoms with E-state index in [-0.39, 0.29) is 13.2 Å². The summed E-state index contributed by atoms with van der Waals surface area (Å²) in [5, 5.41) is 17.2. The van der Waals surface area contributed by atoms with Crippen LogP contribution in [0, 0.1) is 0 Å². The van der Waals surface area contributed by atoms with Gasteiger partial charge in [-0.1, -0.05) is 12.1 Å². The van der Waals surface area contributed by atoms with E-state index >= 15 is 0 Å². The van der Waals surface area contributed by atoms with Crippen LogP contribution in [0.1, 0.15) is 11.6 Å². The highest BCUT2D eigenvalue weighted by Gasteiger charge is 2.14. The van der Waals surface area contributed by atoms with Crippen molar-refractivity contribution < 1.29 is 19.7 Å². The summed E-state index contributed by atoms with van der Waals surface area (Å²) in [6.45, 7) is 0.0843. The van der Waals surface area contributed by atoms with Crippen molar-refractivity contribution in [1.82, 2.24) is 0 Å². The number of hydrogen-bond acceptors (Lipinski definition) is 4. The number of aliphatic carboxylic acids is 1. The topological polar surface area (TPSA) is 92.8 Å². The van der Waals surface area contributed by atoms with Crippen LogP contribution in [0.2, 0.25) is 0 Å². The predicted molar refractivity (Wildman–Crippen MR) is 53.6 cm³/mol. The molecular formula is C10H13NO4. The van der Waals surface area contributed by atoms with Crippen molar-refractivity contribution in [2.75, 3.05) is 13.2 Å². The molecule has 0 radical (unpaired) electrons.